The largest absolute Gasteiger partial charge is 0.573 e. The zero-order chi connectivity index (χ0) is 26.8. The van der Waals surface area contributed by atoms with E-state index in [2.05, 4.69) is 4.74 Å². The molecule has 0 aliphatic rings. The van der Waals surface area contributed by atoms with E-state index in [0.29, 0.717) is 6.07 Å². The highest BCUT2D eigenvalue weighted by Gasteiger charge is 2.32. The summed E-state index contributed by atoms with van der Waals surface area (Å²) in [5, 5.41) is 0. The molecule has 190 valence electrons. The first-order valence-electron chi connectivity index (χ1n) is 9.20. The van der Waals surface area contributed by atoms with E-state index < -0.39 is 50.2 Å². The van der Waals surface area contributed by atoms with Gasteiger partial charge in [-0.15, -0.1) is 13.2 Å². The zero-order valence-electron chi connectivity index (χ0n) is 17.2. The van der Waals surface area contributed by atoms with Crippen molar-refractivity contribution < 1.29 is 49.9 Å². The van der Waals surface area contributed by atoms with Crippen molar-refractivity contribution in [3.8, 4) is 17.2 Å². The number of halogens is 6. The van der Waals surface area contributed by atoms with Gasteiger partial charge in [-0.05, 0) is 122 Å². The van der Waals surface area contributed by atoms with Crippen LogP contribution in [-0.4, -0.2) is 31.3 Å². The van der Waals surface area contributed by atoms with Gasteiger partial charge in [-0.1, -0.05) is 0 Å². The molecule has 15 heteroatoms. The maximum Gasteiger partial charge on any atom is 0.573 e. The lowest BCUT2D eigenvalue weighted by atomic mass is 10.1. The third kappa shape index (κ3) is 7.65. The summed E-state index contributed by atoms with van der Waals surface area (Å²) in [6.07, 6.45) is -5.07. The average Bonchev–Trinajstić information content (AvgIpc) is 2.72. The van der Waals surface area contributed by atoms with Gasteiger partial charge in [-0.25, -0.2) is 9.59 Å². The highest BCUT2D eigenvalue weighted by molar-refractivity contribution is 14.1. The fraction of sp³-hybridized carbons (Fsp3) is 0.0476. The van der Waals surface area contributed by atoms with E-state index in [0.717, 1.165) is 27.8 Å². The molecule has 0 bridgehead atoms. The van der Waals surface area contributed by atoms with Crippen LogP contribution in [-0.2, 0) is 10.1 Å². The predicted octanol–water partition coefficient (Wildman–Crippen LogP) is 6.08. The van der Waals surface area contributed by atoms with Gasteiger partial charge in [-0.3, -0.25) is 4.55 Å². The summed E-state index contributed by atoms with van der Waals surface area (Å²) in [6, 6.07) is 10.9. The number of alkyl halides is 3. The Morgan fingerprint density at radius 3 is 1.78 bits per heavy atom. The number of rotatable bonds is 6. The molecule has 8 nitrogen and oxygen atoms in total. The number of benzene rings is 3. The normalized spacial score (nSPS) is 11.6. The molecule has 0 aromatic heterocycles. The van der Waals surface area contributed by atoms with Crippen molar-refractivity contribution in [3.05, 3.63) is 76.4 Å². The summed E-state index contributed by atoms with van der Waals surface area (Å²) in [7, 11) is -4.58. The van der Waals surface area contributed by atoms with Gasteiger partial charge in [-0.2, -0.15) is 8.42 Å². The quantitative estimate of drug-likeness (QED) is 0.137. The van der Waals surface area contributed by atoms with Gasteiger partial charge in [0, 0.05) is 10.7 Å². The van der Waals surface area contributed by atoms with E-state index in [4.69, 9.17) is 9.47 Å². The van der Waals surface area contributed by atoms with E-state index in [1.54, 1.807) is 57.3 Å². The number of hydrogen-bond acceptors (Lipinski definition) is 7. The lowest BCUT2D eigenvalue weighted by molar-refractivity contribution is -0.274. The summed E-state index contributed by atoms with van der Waals surface area (Å²) in [5.41, 5.74) is -1.01. The molecule has 0 spiro atoms. The predicted molar refractivity (Wildman–Crippen MR) is 144 cm³/mol. The first-order valence-corrected chi connectivity index (χ1v) is 13.9. The molecule has 0 aliphatic heterocycles. The molecule has 0 heterocycles. The van der Waals surface area contributed by atoms with Crippen LogP contribution in [0.2, 0.25) is 0 Å². The minimum atomic E-state index is -5.07. The van der Waals surface area contributed by atoms with E-state index in [1.165, 1.54) is 12.1 Å². The Kier molecular flexibility index (Phi) is 9.10. The summed E-state index contributed by atoms with van der Waals surface area (Å²) < 4.78 is 85.8. The van der Waals surface area contributed by atoms with Crippen LogP contribution >= 0.6 is 67.8 Å². The number of carbonyl (C=O) groups excluding carboxylic acids is 2. The van der Waals surface area contributed by atoms with Gasteiger partial charge in [0.2, 0.25) is 0 Å². The summed E-state index contributed by atoms with van der Waals surface area (Å²) in [4.78, 5) is 25.3. The average molecular weight is 860 g/mol. The second-order valence-electron chi connectivity index (χ2n) is 6.68. The standard InChI is InChI=1S/C21H10F3I3O8S/c22-21(23,24)35-12-5-6-14(19(28)33-11-3-1-10(25)2-4-11)15(7-12)20(29)34-13-8-16(26)18(17(27)9-13)36(30,31)32/h1-9H,(H,30,31,32). The van der Waals surface area contributed by atoms with E-state index in [1.807, 2.05) is 22.6 Å². The third-order valence-electron chi connectivity index (χ3n) is 4.13. The molecular formula is C21H10F3I3O8S. The van der Waals surface area contributed by atoms with E-state index >= 15 is 0 Å². The molecule has 0 fully saturated rings. The Morgan fingerprint density at radius 2 is 1.25 bits per heavy atom. The highest BCUT2D eigenvalue weighted by atomic mass is 127. The number of ether oxygens (including phenoxy) is 3. The maximum atomic E-state index is 12.9. The van der Waals surface area contributed by atoms with Crippen molar-refractivity contribution in [2.45, 2.75) is 11.3 Å². The molecular weight excluding hydrogens is 850 g/mol. The lowest BCUT2D eigenvalue weighted by Crippen LogP contribution is -2.20. The van der Waals surface area contributed by atoms with Crippen molar-refractivity contribution in [2.75, 3.05) is 0 Å². The van der Waals surface area contributed by atoms with Crippen LogP contribution in [0.1, 0.15) is 20.7 Å². The highest BCUT2D eigenvalue weighted by Crippen LogP contribution is 2.31. The van der Waals surface area contributed by atoms with Gasteiger partial charge in [0.05, 0.1) is 11.1 Å². The molecule has 36 heavy (non-hydrogen) atoms. The van der Waals surface area contributed by atoms with Gasteiger partial charge < -0.3 is 14.2 Å². The topological polar surface area (TPSA) is 116 Å². The molecule has 3 rings (SSSR count). The minimum Gasteiger partial charge on any atom is -0.423 e. The fourth-order valence-corrected chi connectivity index (χ4v) is 7.09. The van der Waals surface area contributed by atoms with E-state index in [-0.39, 0.29) is 18.6 Å². The Bertz CT molecular complexity index is 1420. The van der Waals surface area contributed by atoms with Crippen molar-refractivity contribution in [2.24, 2.45) is 0 Å². The van der Waals surface area contributed by atoms with Crippen LogP contribution in [0.3, 0.4) is 0 Å². The first-order chi connectivity index (χ1) is 16.6. The molecule has 3 aromatic rings. The van der Waals surface area contributed by atoms with Crippen LogP contribution in [0.4, 0.5) is 13.2 Å². The molecule has 0 amide bonds. The van der Waals surface area contributed by atoms with Gasteiger partial charge in [0.1, 0.15) is 22.1 Å². The number of carbonyl (C=O) groups is 2. The van der Waals surface area contributed by atoms with Crippen molar-refractivity contribution >= 4 is 89.8 Å². The third-order valence-corrected chi connectivity index (χ3v) is 8.24. The molecule has 0 aliphatic carbocycles. The Balaban J connectivity index is 1.99. The van der Waals surface area contributed by atoms with Crippen LogP contribution < -0.4 is 14.2 Å². The second-order valence-corrected chi connectivity index (χ2v) is 11.6. The second kappa shape index (κ2) is 11.4. The molecule has 0 atom stereocenters. The van der Waals surface area contributed by atoms with Crippen molar-refractivity contribution in [1.82, 2.24) is 0 Å². The number of hydrogen-bond donors (Lipinski definition) is 1. The zero-order valence-corrected chi connectivity index (χ0v) is 24.5. The Labute approximate surface area is 242 Å². The SMILES string of the molecule is O=C(Oc1ccc(I)cc1)c1ccc(OC(F)(F)F)cc1C(=O)Oc1cc(I)c(S(=O)(=O)O)c(I)c1. The smallest absolute Gasteiger partial charge is 0.423 e. The monoisotopic (exact) mass is 860 g/mol. The summed E-state index contributed by atoms with van der Waals surface area (Å²) in [6.45, 7) is 0. The van der Waals surface area contributed by atoms with Crippen molar-refractivity contribution in [1.29, 1.82) is 0 Å². The molecule has 3 aromatic carbocycles. The maximum absolute atomic E-state index is 12.9. The Morgan fingerprint density at radius 1 is 0.750 bits per heavy atom. The Hall–Kier alpha value is -1.71. The molecule has 0 unspecified atom stereocenters. The van der Waals surface area contributed by atoms with Crippen LogP contribution in [0.25, 0.3) is 0 Å². The molecule has 0 saturated heterocycles. The lowest BCUT2D eigenvalue weighted by Gasteiger charge is -2.14. The molecule has 0 saturated carbocycles. The van der Waals surface area contributed by atoms with Gasteiger partial charge in [0.15, 0.2) is 0 Å². The summed E-state index contributed by atoms with van der Waals surface area (Å²) >= 11 is 5.23. The molecule has 0 radical (unpaired) electrons. The first kappa shape index (κ1) is 28.9. The van der Waals surface area contributed by atoms with Crippen LogP contribution in [0.5, 0.6) is 17.2 Å². The summed E-state index contributed by atoms with van der Waals surface area (Å²) in [5.74, 6) is -3.15. The minimum absolute atomic E-state index is 0.0114. The molecule has 1 N–H and O–H groups in total. The van der Waals surface area contributed by atoms with Gasteiger partial charge >= 0.3 is 18.3 Å². The van der Waals surface area contributed by atoms with Crippen LogP contribution in [0.15, 0.2) is 59.5 Å². The fourth-order valence-electron chi connectivity index (χ4n) is 2.74. The number of esters is 2. The van der Waals surface area contributed by atoms with Gasteiger partial charge in [0.25, 0.3) is 10.1 Å². The van der Waals surface area contributed by atoms with E-state index in [9.17, 15) is 35.7 Å². The van der Waals surface area contributed by atoms with Crippen LogP contribution in [0, 0.1) is 10.7 Å². The van der Waals surface area contributed by atoms with Crippen molar-refractivity contribution in [3.63, 3.8) is 0 Å².